The van der Waals surface area contributed by atoms with Crippen LogP contribution in [0.25, 0.3) is 11.1 Å². The van der Waals surface area contributed by atoms with Crippen molar-refractivity contribution in [2.75, 3.05) is 26.2 Å². The average molecular weight is 449 g/mol. The number of carbonyl (C=O) groups is 3. The van der Waals surface area contributed by atoms with Crippen LogP contribution in [-0.4, -0.2) is 53.6 Å². The number of hydrogen-bond donors (Lipinski definition) is 0. The zero-order valence-electron chi connectivity index (χ0n) is 17.0. The minimum Gasteiger partial charge on any atom is -0.335 e. The normalized spacial score (nSPS) is 14.9. The quantitative estimate of drug-likeness (QED) is 0.459. The molecule has 0 saturated carbocycles. The molecule has 0 spiro atoms. The van der Waals surface area contributed by atoms with Crippen molar-refractivity contribution in [3.63, 3.8) is 0 Å². The Hall–Kier alpha value is -3.51. The molecule has 1 saturated heterocycles. The van der Waals surface area contributed by atoms with Gasteiger partial charge in [0.1, 0.15) is 5.82 Å². The zero-order chi connectivity index (χ0) is 22.4. The Morgan fingerprint density at radius 1 is 0.750 bits per heavy atom. The van der Waals surface area contributed by atoms with Crippen molar-refractivity contribution >= 4 is 29.2 Å². The summed E-state index contributed by atoms with van der Waals surface area (Å²) in [6, 6.07) is 16.5. The largest absolute Gasteiger partial charge is 0.335 e. The second-order valence-corrected chi connectivity index (χ2v) is 8.28. The predicted molar refractivity (Wildman–Crippen MR) is 119 cm³/mol. The molecule has 0 unspecified atom stereocenters. The van der Waals surface area contributed by atoms with Crippen LogP contribution in [-0.2, 0) is 0 Å². The Balaban J connectivity index is 1.30. The third-order valence-electron chi connectivity index (χ3n) is 5.99. The lowest BCUT2D eigenvalue weighted by Crippen LogP contribution is -2.50. The minimum atomic E-state index is -0.623. The van der Waals surface area contributed by atoms with E-state index in [9.17, 15) is 18.8 Å². The first-order valence-corrected chi connectivity index (χ1v) is 10.6. The number of fused-ring (bicyclic) bond motifs is 3. The number of piperazine rings is 1. The molecule has 2 aliphatic rings. The lowest BCUT2D eigenvalue weighted by molar-refractivity contribution is 0.0532. The van der Waals surface area contributed by atoms with Gasteiger partial charge in [0.15, 0.2) is 5.78 Å². The van der Waals surface area contributed by atoms with E-state index >= 15 is 0 Å². The first-order chi connectivity index (χ1) is 15.4. The topological polar surface area (TPSA) is 57.7 Å². The van der Waals surface area contributed by atoms with Crippen LogP contribution in [0.1, 0.15) is 36.6 Å². The molecular weight excluding hydrogens is 431 g/mol. The fourth-order valence-electron chi connectivity index (χ4n) is 4.29. The molecule has 3 aromatic rings. The van der Waals surface area contributed by atoms with Crippen molar-refractivity contribution in [3.05, 3.63) is 93.8 Å². The molecule has 2 amide bonds. The summed E-state index contributed by atoms with van der Waals surface area (Å²) in [7, 11) is 0. The molecule has 1 fully saturated rings. The SMILES string of the molecule is O=C1c2ccccc2-c2ccc(C(=O)N3CCN(C(=O)c4cc(Cl)ccc4F)CC3)cc21. The lowest BCUT2D eigenvalue weighted by atomic mass is 10.0. The summed E-state index contributed by atoms with van der Waals surface area (Å²) >= 11 is 5.90. The van der Waals surface area contributed by atoms with Crippen LogP contribution < -0.4 is 0 Å². The van der Waals surface area contributed by atoms with Gasteiger partial charge >= 0.3 is 0 Å². The fraction of sp³-hybridized carbons (Fsp3) is 0.160. The number of ketones is 1. The van der Waals surface area contributed by atoms with Crippen molar-refractivity contribution in [3.8, 4) is 11.1 Å². The van der Waals surface area contributed by atoms with E-state index < -0.39 is 11.7 Å². The Bertz CT molecular complexity index is 1280. The Kier molecular flexibility index (Phi) is 5.02. The van der Waals surface area contributed by atoms with Gasteiger partial charge in [-0.05, 0) is 41.5 Å². The maximum Gasteiger partial charge on any atom is 0.257 e. The number of hydrogen-bond acceptors (Lipinski definition) is 3. The maximum absolute atomic E-state index is 14.0. The number of halogens is 2. The van der Waals surface area contributed by atoms with Crippen LogP contribution >= 0.6 is 11.6 Å². The Labute approximate surface area is 189 Å². The lowest BCUT2D eigenvalue weighted by Gasteiger charge is -2.35. The summed E-state index contributed by atoms with van der Waals surface area (Å²) in [6.07, 6.45) is 0. The molecule has 1 heterocycles. The molecule has 0 radical (unpaired) electrons. The van der Waals surface area contributed by atoms with Crippen LogP contribution in [0.4, 0.5) is 4.39 Å². The van der Waals surface area contributed by atoms with Gasteiger partial charge in [-0.25, -0.2) is 4.39 Å². The molecule has 0 atom stereocenters. The van der Waals surface area contributed by atoms with E-state index in [1.54, 1.807) is 23.1 Å². The van der Waals surface area contributed by atoms with E-state index in [0.29, 0.717) is 29.8 Å². The summed E-state index contributed by atoms with van der Waals surface area (Å²) in [6.45, 7) is 1.20. The first kappa shape index (κ1) is 20.4. The molecule has 160 valence electrons. The third-order valence-corrected chi connectivity index (χ3v) is 6.22. The van der Waals surface area contributed by atoms with Crippen LogP contribution in [0.15, 0.2) is 60.7 Å². The second-order valence-electron chi connectivity index (χ2n) is 7.84. The summed E-state index contributed by atoms with van der Waals surface area (Å²) in [5, 5.41) is 0.289. The average Bonchev–Trinajstić information content (AvgIpc) is 3.11. The molecule has 5 rings (SSSR count). The minimum absolute atomic E-state index is 0.0750. The molecular formula is C25H18ClFN2O3. The van der Waals surface area contributed by atoms with Crippen LogP contribution in [0.5, 0.6) is 0 Å². The number of carbonyl (C=O) groups excluding carboxylic acids is 3. The van der Waals surface area contributed by atoms with Crippen molar-refractivity contribution in [1.82, 2.24) is 9.80 Å². The summed E-state index contributed by atoms with van der Waals surface area (Å²) in [5.41, 5.74) is 3.25. The highest BCUT2D eigenvalue weighted by atomic mass is 35.5. The van der Waals surface area contributed by atoms with E-state index in [2.05, 4.69) is 0 Å². The van der Waals surface area contributed by atoms with Crippen LogP contribution in [0.2, 0.25) is 5.02 Å². The molecule has 3 aromatic carbocycles. The maximum atomic E-state index is 14.0. The van der Waals surface area contributed by atoms with Gasteiger partial charge in [0, 0.05) is 47.9 Å². The van der Waals surface area contributed by atoms with Gasteiger partial charge in [-0.3, -0.25) is 14.4 Å². The van der Waals surface area contributed by atoms with Crippen molar-refractivity contribution in [2.45, 2.75) is 0 Å². The molecule has 5 nitrogen and oxygen atoms in total. The van der Waals surface area contributed by atoms with Crippen LogP contribution in [0.3, 0.4) is 0 Å². The van der Waals surface area contributed by atoms with Gasteiger partial charge in [0.2, 0.25) is 0 Å². The molecule has 0 bridgehead atoms. The zero-order valence-corrected chi connectivity index (χ0v) is 17.7. The Morgan fingerprint density at radius 3 is 2.09 bits per heavy atom. The number of amides is 2. The van der Waals surface area contributed by atoms with E-state index in [1.807, 2.05) is 24.3 Å². The van der Waals surface area contributed by atoms with Gasteiger partial charge in [0.05, 0.1) is 5.56 Å². The summed E-state index contributed by atoms with van der Waals surface area (Å²) in [4.78, 5) is 41.6. The van der Waals surface area contributed by atoms with Crippen molar-refractivity contribution in [2.24, 2.45) is 0 Å². The number of rotatable bonds is 2. The van der Waals surface area contributed by atoms with Gasteiger partial charge in [-0.2, -0.15) is 0 Å². The third kappa shape index (κ3) is 3.37. The van der Waals surface area contributed by atoms with Crippen molar-refractivity contribution < 1.29 is 18.8 Å². The van der Waals surface area contributed by atoms with Crippen LogP contribution in [0, 0.1) is 5.82 Å². The van der Waals surface area contributed by atoms with E-state index in [4.69, 9.17) is 11.6 Å². The van der Waals surface area contributed by atoms with Gasteiger partial charge in [0.25, 0.3) is 11.8 Å². The Morgan fingerprint density at radius 2 is 1.38 bits per heavy atom. The van der Waals surface area contributed by atoms with E-state index in [-0.39, 0.29) is 35.4 Å². The smallest absolute Gasteiger partial charge is 0.257 e. The number of benzene rings is 3. The van der Waals surface area contributed by atoms with Gasteiger partial charge in [-0.15, -0.1) is 0 Å². The highest BCUT2D eigenvalue weighted by molar-refractivity contribution is 6.31. The standard InChI is InChI=1S/C25H18ClFN2O3/c26-16-6-8-22(27)21(14-16)25(32)29-11-9-28(10-12-29)24(31)15-5-7-18-17-3-1-2-4-19(17)23(30)20(18)13-15/h1-8,13-14H,9-12H2. The van der Waals surface area contributed by atoms with Crippen molar-refractivity contribution in [1.29, 1.82) is 0 Å². The van der Waals surface area contributed by atoms with E-state index in [0.717, 1.165) is 11.1 Å². The second kappa shape index (κ2) is 7.88. The molecule has 32 heavy (non-hydrogen) atoms. The predicted octanol–water partition coefficient (Wildman–Crippen LogP) is 4.29. The highest BCUT2D eigenvalue weighted by Gasteiger charge is 2.30. The monoisotopic (exact) mass is 448 g/mol. The molecule has 0 N–H and O–H groups in total. The molecule has 0 aromatic heterocycles. The molecule has 7 heteroatoms. The summed E-state index contributed by atoms with van der Waals surface area (Å²) < 4.78 is 14.0. The molecule has 1 aliphatic carbocycles. The molecule has 1 aliphatic heterocycles. The fourth-order valence-corrected chi connectivity index (χ4v) is 4.46. The number of nitrogens with zero attached hydrogens (tertiary/aromatic N) is 2. The highest BCUT2D eigenvalue weighted by Crippen LogP contribution is 2.36. The van der Waals surface area contributed by atoms with Gasteiger partial charge in [-0.1, -0.05) is 41.9 Å². The van der Waals surface area contributed by atoms with Gasteiger partial charge < -0.3 is 9.80 Å². The first-order valence-electron chi connectivity index (χ1n) is 10.3. The van der Waals surface area contributed by atoms with E-state index in [1.165, 1.54) is 23.1 Å². The summed E-state index contributed by atoms with van der Waals surface area (Å²) in [5.74, 6) is -1.35.